The summed E-state index contributed by atoms with van der Waals surface area (Å²) < 4.78 is 1.78. The van der Waals surface area contributed by atoms with Gasteiger partial charge in [-0.05, 0) is 6.92 Å². The molecular weight excluding hydrogens is 152 g/mol. The molecule has 4 nitrogen and oxygen atoms in total. The first-order valence-electron chi connectivity index (χ1n) is 2.96. The Morgan fingerprint density at radius 2 is 2.40 bits per heavy atom. The van der Waals surface area contributed by atoms with Gasteiger partial charge in [-0.2, -0.15) is 0 Å². The summed E-state index contributed by atoms with van der Waals surface area (Å²) in [6.07, 6.45) is 1.68. The highest BCUT2D eigenvalue weighted by Crippen LogP contribution is 1.91. The van der Waals surface area contributed by atoms with Crippen molar-refractivity contribution < 1.29 is 0 Å². The van der Waals surface area contributed by atoms with Crippen LogP contribution in [0.3, 0.4) is 0 Å². The number of rotatable bonds is 2. The summed E-state index contributed by atoms with van der Waals surface area (Å²) in [5, 5.41) is 7.49. The topological polar surface area (TPSA) is 56.7 Å². The molecule has 0 unspecified atom stereocenters. The van der Waals surface area contributed by atoms with Gasteiger partial charge >= 0.3 is 0 Å². The maximum absolute atomic E-state index is 5.37. The van der Waals surface area contributed by atoms with E-state index in [2.05, 4.69) is 10.3 Å². The third kappa shape index (κ3) is 1.68. The molecule has 0 fully saturated rings. The van der Waals surface area contributed by atoms with Crippen LogP contribution in [0.15, 0.2) is 6.20 Å². The zero-order valence-corrected chi connectivity index (χ0v) is 6.64. The molecule has 0 saturated heterocycles. The van der Waals surface area contributed by atoms with E-state index in [1.807, 2.05) is 6.92 Å². The highest BCUT2D eigenvalue weighted by molar-refractivity contribution is 5.85. The molecule has 5 heteroatoms. The second-order valence-electron chi connectivity index (χ2n) is 1.75. The van der Waals surface area contributed by atoms with E-state index in [4.69, 9.17) is 5.73 Å². The lowest BCUT2D eigenvalue weighted by Crippen LogP contribution is -2.06. The molecule has 0 atom stereocenters. The van der Waals surface area contributed by atoms with E-state index >= 15 is 0 Å². The Bertz CT molecular complexity index is 167. The Hall–Kier alpha value is -0.610. The molecule has 0 amide bonds. The van der Waals surface area contributed by atoms with Gasteiger partial charge in [-0.3, -0.25) is 0 Å². The number of nitrogens with two attached hydrogens (primary N) is 1. The Morgan fingerprint density at radius 3 is 2.80 bits per heavy atom. The fourth-order valence-electron chi connectivity index (χ4n) is 0.703. The minimum Gasteiger partial charge on any atom is -0.325 e. The van der Waals surface area contributed by atoms with Gasteiger partial charge in [-0.15, -0.1) is 17.5 Å². The fraction of sp³-hybridized carbons (Fsp3) is 0.600. The molecule has 1 aromatic heterocycles. The zero-order valence-electron chi connectivity index (χ0n) is 5.82. The van der Waals surface area contributed by atoms with E-state index in [-0.39, 0.29) is 12.4 Å². The van der Waals surface area contributed by atoms with Gasteiger partial charge in [0.1, 0.15) is 0 Å². The van der Waals surface area contributed by atoms with E-state index in [0.717, 1.165) is 12.2 Å². The molecule has 0 radical (unpaired) electrons. The van der Waals surface area contributed by atoms with Crippen molar-refractivity contribution in [3.63, 3.8) is 0 Å². The van der Waals surface area contributed by atoms with Gasteiger partial charge in [-0.1, -0.05) is 5.21 Å². The molecular formula is C5H11ClN4. The van der Waals surface area contributed by atoms with Gasteiger partial charge < -0.3 is 5.73 Å². The maximum Gasteiger partial charge on any atom is 0.0738 e. The first-order chi connectivity index (χ1) is 4.38. The highest BCUT2D eigenvalue weighted by atomic mass is 35.5. The number of halogens is 1. The molecule has 0 aliphatic carbocycles. The molecule has 1 heterocycles. The van der Waals surface area contributed by atoms with Crippen molar-refractivity contribution in [3.8, 4) is 0 Å². The van der Waals surface area contributed by atoms with E-state index in [0.29, 0.717) is 6.54 Å². The standard InChI is InChI=1S/C5H10N4.ClH/c1-2-9-5(3-6)4-7-8-9;/h4H,2-3,6H2,1H3;1H. The van der Waals surface area contributed by atoms with E-state index in [1.54, 1.807) is 10.9 Å². The fourth-order valence-corrected chi connectivity index (χ4v) is 0.703. The smallest absolute Gasteiger partial charge is 0.0738 e. The van der Waals surface area contributed by atoms with E-state index in [1.165, 1.54) is 0 Å². The monoisotopic (exact) mass is 162 g/mol. The minimum absolute atomic E-state index is 0. The average Bonchev–Trinajstić information content (AvgIpc) is 2.33. The molecule has 0 spiro atoms. The second-order valence-corrected chi connectivity index (χ2v) is 1.75. The normalized spacial score (nSPS) is 9.00. The Morgan fingerprint density at radius 1 is 1.70 bits per heavy atom. The summed E-state index contributed by atoms with van der Waals surface area (Å²) in [6.45, 7) is 3.36. The van der Waals surface area contributed by atoms with Crippen molar-refractivity contribution in [2.24, 2.45) is 5.73 Å². The molecule has 1 aromatic rings. The van der Waals surface area contributed by atoms with Crippen LogP contribution < -0.4 is 5.73 Å². The van der Waals surface area contributed by atoms with E-state index < -0.39 is 0 Å². The summed E-state index contributed by atoms with van der Waals surface area (Å²) in [5.41, 5.74) is 6.35. The largest absolute Gasteiger partial charge is 0.325 e. The SMILES string of the molecule is CCn1nncc1CN.Cl. The van der Waals surface area contributed by atoms with Gasteiger partial charge in [0.2, 0.25) is 0 Å². The van der Waals surface area contributed by atoms with Crippen LogP contribution in [-0.4, -0.2) is 15.0 Å². The van der Waals surface area contributed by atoms with Crippen LogP contribution in [0.4, 0.5) is 0 Å². The second kappa shape index (κ2) is 4.24. The summed E-state index contributed by atoms with van der Waals surface area (Å²) in [6, 6.07) is 0. The summed E-state index contributed by atoms with van der Waals surface area (Å²) in [7, 11) is 0. The third-order valence-electron chi connectivity index (χ3n) is 1.21. The number of aromatic nitrogens is 3. The van der Waals surface area contributed by atoms with Crippen molar-refractivity contribution in [1.29, 1.82) is 0 Å². The molecule has 10 heavy (non-hydrogen) atoms. The first kappa shape index (κ1) is 9.39. The van der Waals surface area contributed by atoms with Crippen molar-refractivity contribution in [2.75, 3.05) is 0 Å². The predicted molar refractivity (Wildman–Crippen MR) is 40.8 cm³/mol. The zero-order chi connectivity index (χ0) is 6.69. The van der Waals surface area contributed by atoms with Crippen molar-refractivity contribution in [1.82, 2.24) is 15.0 Å². The Kier molecular flexibility index (Phi) is 3.99. The van der Waals surface area contributed by atoms with Crippen LogP contribution in [0.2, 0.25) is 0 Å². The van der Waals surface area contributed by atoms with Crippen molar-refractivity contribution in [3.05, 3.63) is 11.9 Å². The molecule has 0 aliphatic rings. The van der Waals surface area contributed by atoms with Crippen LogP contribution in [0, 0.1) is 0 Å². The van der Waals surface area contributed by atoms with Gasteiger partial charge in [-0.25, -0.2) is 4.68 Å². The number of hydrogen-bond acceptors (Lipinski definition) is 3. The maximum atomic E-state index is 5.37. The summed E-state index contributed by atoms with van der Waals surface area (Å²) in [4.78, 5) is 0. The molecule has 0 bridgehead atoms. The molecule has 0 saturated carbocycles. The van der Waals surface area contributed by atoms with Gasteiger partial charge in [0.05, 0.1) is 11.9 Å². The van der Waals surface area contributed by atoms with Gasteiger partial charge in [0.15, 0.2) is 0 Å². The molecule has 0 aromatic carbocycles. The van der Waals surface area contributed by atoms with Crippen molar-refractivity contribution >= 4 is 12.4 Å². The van der Waals surface area contributed by atoms with Crippen LogP contribution >= 0.6 is 12.4 Å². The number of nitrogens with zero attached hydrogens (tertiary/aromatic N) is 3. The molecule has 1 rings (SSSR count). The van der Waals surface area contributed by atoms with Crippen LogP contribution in [0.25, 0.3) is 0 Å². The van der Waals surface area contributed by atoms with Crippen LogP contribution in [0.1, 0.15) is 12.6 Å². The van der Waals surface area contributed by atoms with Crippen LogP contribution in [0.5, 0.6) is 0 Å². The summed E-state index contributed by atoms with van der Waals surface area (Å²) in [5.74, 6) is 0. The number of aryl methyl sites for hydroxylation is 1. The van der Waals surface area contributed by atoms with Gasteiger partial charge in [0, 0.05) is 13.1 Å². The molecule has 2 N–H and O–H groups in total. The average molecular weight is 163 g/mol. The summed E-state index contributed by atoms with van der Waals surface area (Å²) >= 11 is 0. The Labute approximate surface area is 65.8 Å². The lowest BCUT2D eigenvalue weighted by atomic mass is 10.5. The predicted octanol–water partition coefficient (Wildman–Crippen LogP) is 0.179. The van der Waals surface area contributed by atoms with Crippen molar-refractivity contribution in [2.45, 2.75) is 20.0 Å². The minimum atomic E-state index is 0. The lowest BCUT2D eigenvalue weighted by molar-refractivity contribution is 0.598. The quantitative estimate of drug-likeness (QED) is 0.675. The Balaban J connectivity index is 0.000000810. The lowest BCUT2D eigenvalue weighted by Gasteiger charge is -1.96. The molecule has 58 valence electrons. The van der Waals surface area contributed by atoms with Gasteiger partial charge in [0.25, 0.3) is 0 Å². The third-order valence-corrected chi connectivity index (χ3v) is 1.21. The number of hydrogen-bond donors (Lipinski definition) is 1. The highest BCUT2D eigenvalue weighted by Gasteiger charge is 1.95. The van der Waals surface area contributed by atoms with Crippen LogP contribution in [-0.2, 0) is 13.1 Å². The molecule has 0 aliphatic heterocycles. The first-order valence-corrected chi connectivity index (χ1v) is 2.96. The van der Waals surface area contributed by atoms with E-state index in [9.17, 15) is 0 Å².